The molecule has 3 aromatic rings. The van der Waals surface area contributed by atoms with Crippen molar-refractivity contribution in [2.75, 3.05) is 5.73 Å². The van der Waals surface area contributed by atoms with E-state index in [9.17, 15) is 0 Å². The monoisotopic (exact) mass is 252 g/mol. The van der Waals surface area contributed by atoms with Gasteiger partial charge in [0.2, 0.25) is 0 Å². The molecule has 0 atom stereocenters. The smallest absolute Gasteiger partial charge is 0.101 e. The average Bonchev–Trinajstić information content (AvgIpc) is 2.40. The molecule has 3 rings (SSSR count). The molecule has 3 heteroatoms. The second kappa shape index (κ2) is 4.70. The predicted molar refractivity (Wildman–Crippen MR) is 76.7 cm³/mol. The molecule has 2 nitrogen and oxygen atoms in total. The third-order valence-corrected chi connectivity index (χ3v) is 3.60. The van der Waals surface area contributed by atoms with Crippen molar-refractivity contribution >= 4 is 28.4 Å². The van der Waals surface area contributed by atoms with Crippen molar-refractivity contribution in [3.8, 4) is 0 Å². The standard InChI is InChI=1S/C15H12N2S/c16-12-7-8-14-11(10-12)6-9-15(17-14)18-13-4-2-1-3-5-13/h1-10H,16H2. The Hall–Kier alpha value is -2.00. The first kappa shape index (κ1) is 11.1. The van der Waals surface area contributed by atoms with E-state index < -0.39 is 0 Å². The van der Waals surface area contributed by atoms with Crippen LogP contribution in [0.4, 0.5) is 5.69 Å². The maximum absolute atomic E-state index is 5.75. The molecule has 0 unspecified atom stereocenters. The lowest BCUT2D eigenvalue weighted by Crippen LogP contribution is -1.86. The zero-order valence-electron chi connectivity index (χ0n) is 9.71. The van der Waals surface area contributed by atoms with Crippen molar-refractivity contribution in [1.82, 2.24) is 4.98 Å². The molecular weight excluding hydrogens is 240 g/mol. The maximum atomic E-state index is 5.75. The zero-order valence-corrected chi connectivity index (χ0v) is 10.5. The van der Waals surface area contributed by atoms with Crippen LogP contribution in [0.25, 0.3) is 10.9 Å². The van der Waals surface area contributed by atoms with Gasteiger partial charge in [-0.1, -0.05) is 36.0 Å². The largest absolute Gasteiger partial charge is 0.399 e. The molecular formula is C15H12N2S. The fourth-order valence-corrected chi connectivity index (χ4v) is 2.61. The summed E-state index contributed by atoms with van der Waals surface area (Å²) >= 11 is 1.66. The van der Waals surface area contributed by atoms with Gasteiger partial charge in [-0.3, -0.25) is 0 Å². The number of hydrogen-bond donors (Lipinski definition) is 1. The quantitative estimate of drug-likeness (QED) is 0.701. The Labute approximate surface area is 110 Å². The highest BCUT2D eigenvalue weighted by Gasteiger charge is 2.01. The molecule has 1 aromatic heterocycles. The molecule has 0 aliphatic carbocycles. The first-order valence-electron chi connectivity index (χ1n) is 5.70. The molecule has 2 aromatic carbocycles. The number of fused-ring (bicyclic) bond motifs is 1. The lowest BCUT2D eigenvalue weighted by atomic mass is 10.2. The van der Waals surface area contributed by atoms with E-state index in [1.165, 1.54) is 4.90 Å². The third-order valence-electron chi connectivity index (χ3n) is 2.65. The molecule has 0 amide bonds. The average molecular weight is 252 g/mol. The van der Waals surface area contributed by atoms with E-state index in [1.54, 1.807) is 11.8 Å². The van der Waals surface area contributed by atoms with Crippen molar-refractivity contribution in [2.24, 2.45) is 0 Å². The highest BCUT2D eigenvalue weighted by molar-refractivity contribution is 7.99. The Kier molecular flexibility index (Phi) is 2.90. The third kappa shape index (κ3) is 2.31. The van der Waals surface area contributed by atoms with E-state index in [4.69, 9.17) is 5.73 Å². The minimum Gasteiger partial charge on any atom is -0.399 e. The van der Waals surface area contributed by atoms with Crippen molar-refractivity contribution in [3.63, 3.8) is 0 Å². The molecule has 0 saturated carbocycles. The van der Waals surface area contributed by atoms with Gasteiger partial charge in [0.15, 0.2) is 0 Å². The summed E-state index contributed by atoms with van der Waals surface area (Å²) < 4.78 is 0. The number of hydrogen-bond acceptors (Lipinski definition) is 3. The Morgan fingerprint density at radius 2 is 1.72 bits per heavy atom. The molecule has 0 bridgehead atoms. The summed E-state index contributed by atoms with van der Waals surface area (Å²) in [6.07, 6.45) is 0. The van der Waals surface area contributed by atoms with Gasteiger partial charge in [0, 0.05) is 16.0 Å². The maximum Gasteiger partial charge on any atom is 0.101 e. The van der Waals surface area contributed by atoms with Crippen LogP contribution in [0.3, 0.4) is 0 Å². The van der Waals surface area contributed by atoms with Gasteiger partial charge in [-0.05, 0) is 36.4 Å². The molecule has 0 radical (unpaired) electrons. The van der Waals surface area contributed by atoms with Gasteiger partial charge >= 0.3 is 0 Å². The summed E-state index contributed by atoms with van der Waals surface area (Å²) in [7, 11) is 0. The van der Waals surface area contributed by atoms with Crippen molar-refractivity contribution in [3.05, 3.63) is 60.7 Å². The van der Waals surface area contributed by atoms with Crippen LogP contribution in [0.15, 0.2) is 70.6 Å². The molecule has 0 aliphatic heterocycles. The Balaban J connectivity index is 1.96. The van der Waals surface area contributed by atoms with Gasteiger partial charge in [-0.2, -0.15) is 0 Å². The highest BCUT2D eigenvalue weighted by atomic mass is 32.2. The van der Waals surface area contributed by atoms with Crippen LogP contribution in [0.2, 0.25) is 0 Å². The summed E-state index contributed by atoms with van der Waals surface area (Å²) in [4.78, 5) is 5.81. The molecule has 2 N–H and O–H groups in total. The molecule has 88 valence electrons. The number of aromatic nitrogens is 1. The lowest BCUT2D eigenvalue weighted by molar-refractivity contribution is 1.19. The van der Waals surface area contributed by atoms with Gasteiger partial charge in [-0.15, -0.1) is 0 Å². The van der Waals surface area contributed by atoms with Gasteiger partial charge in [0.25, 0.3) is 0 Å². The van der Waals surface area contributed by atoms with Gasteiger partial charge in [0.1, 0.15) is 5.03 Å². The number of nitrogens with zero attached hydrogens (tertiary/aromatic N) is 1. The summed E-state index contributed by atoms with van der Waals surface area (Å²) in [6.45, 7) is 0. The van der Waals surface area contributed by atoms with E-state index in [1.807, 2.05) is 42.5 Å². The second-order valence-corrected chi connectivity index (χ2v) is 5.11. The molecule has 0 fully saturated rings. The number of nitrogen functional groups attached to an aromatic ring is 1. The number of rotatable bonds is 2. The number of pyridine rings is 1. The first-order valence-corrected chi connectivity index (χ1v) is 6.52. The molecule has 0 spiro atoms. The van der Waals surface area contributed by atoms with Crippen LogP contribution in [0.5, 0.6) is 0 Å². The summed E-state index contributed by atoms with van der Waals surface area (Å²) in [5, 5.41) is 2.07. The molecule has 1 heterocycles. The van der Waals surface area contributed by atoms with Crippen molar-refractivity contribution in [1.29, 1.82) is 0 Å². The van der Waals surface area contributed by atoms with Crippen LogP contribution in [0, 0.1) is 0 Å². The van der Waals surface area contributed by atoms with E-state index in [2.05, 4.69) is 23.2 Å². The lowest BCUT2D eigenvalue weighted by Gasteiger charge is -2.03. The normalized spacial score (nSPS) is 10.7. The highest BCUT2D eigenvalue weighted by Crippen LogP contribution is 2.27. The second-order valence-electron chi connectivity index (χ2n) is 4.02. The topological polar surface area (TPSA) is 38.9 Å². The van der Waals surface area contributed by atoms with Gasteiger partial charge in [0.05, 0.1) is 5.52 Å². The van der Waals surface area contributed by atoms with Crippen LogP contribution < -0.4 is 5.73 Å². The summed E-state index contributed by atoms with van der Waals surface area (Å²) in [5.74, 6) is 0. The molecule has 18 heavy (non-hydrogen) atoms. The Bertz CT molecular complexity index is 680. The van der Waals surface area contributed by atoms with Gasteiger partial charge < -0.3 is 5.73 Å². The van der Waals surface area contributed by atoms with Crippen LogP contribution in [0.1, 0.15) is 0 Å². The predicted octanol–water partition coefficient (Wildman–Crippen LogP) is 3.97. The number of anilines is 1. The number of benzene rings is 2. The number of nitrogens with two attached hydrogens (primary N) is 1. The zero-order chi connectivity index (χ0) is 12.4. The van der Waals surface area contributed by atoms with Crippen LogP contribution in [-0.2, 0) is 0 Å². The van der Waals surface area contributed by atoms with E-state index in [0.717, 1.165) is 21.6 Å². The fraction of sp³-hybridized carbons (Fsp3) is 0. The SMILES string of the molecule is Nc1ccc2nc(Sc3ccccc3)ccc2c1. The molecule has 0 aliphatic rings. The minimum atomic E-state index is 0.771. The summed E-state index contributed by atoms with van der Waals surface area (Å²) in [6, 6.07) is 20.1. The van der Waals surface area contributed by atoms with E-state index in [-0.39, 0.29) is 0 Å². The summed E-state index contributed by atoms with van der Waals surface area (Å²) in [5.41, 5.74) is 7.50. The van der Waals surface area contributed by atoms with Crippen LogP contribution >= 0.6 is 11.8 Å². The van der Waals surface area contributed by atoms with E-state index in [0.29, 0.717) is 0 Å². The van der Waals surface area contributed by atoms with Crippen LogP contribution in [-0.4, -0.2) is 4.98 Å². The first-order chi connectivity index (χ1) is 8.81. The van der Waals surface area contributed by atoms with Crippen molar-refractivity contribution in [2.45, 2.75) is 9.92 Å². The molecule has 0 saturated heterocycles. The van der Waals surface area contributed by atoms with E-state index >= 15 is 0 Å². The Morgan fingerprint density at radius 1 is 0.889 bits per heavy atom. The fourth-order valence-electron chi connectivity index (χ4n) is 1.79. The van der Waals surface area contributed by atoms with Crippen molar-refractivity contribution < 1.29 is 0 Å². The minimum absolute atomic E-state index is 0.771. The Morgan fingerprint density at radius 3 is 2.56 bits per heavy atom. The van der Waals surface area contributed by atoms with Gasteiger partial charge in [-0.25, -0.2) is 4.98 Å².